The number of hydrogen-bond acceptors (Lipinski definition) is 4. The highest BCUT2D eigenvalue weighted by Gasteiger charge is 2.24. The van der Waals surface area contributed by atoms with Gasteiger partial charge in [0.25, 0.3) is 5.91 Å². The summed E-state index contributed by atoms with van der Waals surface area (Å²) in [5.41, 5.74) is 2.36. The van der Waals surface area contributed by atoms with Gasteiger partial charge >= 0.3 is 0 Å². The third kappa shape index (κ3) is 3.15. The molecule has 0 unspecified atom stereocenters. The molecule has 4 rings (SSSR count). The fourth-order valence-corrected chi connectivity index (χ4v) is 3.07. The summed E-state index contributed by atoms with van der Waals surface area (Å²) in [4.78, 5) is 24.3. The topological polar surface area (TPSA) is 76.7 Å². The first-order valence-electron chi connectivity index (χ1n) is 8.29. The van der Waals surface area contributed by atoms with E-state index >= 15 is 0 Å². The molecule has 25 heavy (non-hydrogen) atoms. The molecule has 2 aromatic rings. The maximum absolute atomic E-state index is 12.5. The summed E-state index contributed by atoms with van der Waals surface area (Å²) >= 11 is 0. The number of amides is 2. The second-order valence-electron chi connectivity index (χ2n) is 6.11. The van der Waals surface area contributed by atoms with Gasteiger partial charge in [-0.2, -0.15) is 0 Å². The fourth-order valence-electron chi connectivity index (χ4n) is 3.07. The van der Waals surface area contributed by atoms with Crippen molar-refractivity contribution in [3.05, 3.63) is 48.0 Å². The van der Waals surface area contributed by atoms with E-state index in [0.29, 0.717) is 24.3 Å². The Morgan fingerprint density at radius 1 is 1.08 bits per heavy atom. The summed E-state index contributed by atoms with van der Waals surface area (Å²) in [6.07, 6.45) is 1.54. The molecule has 1 saturated heterocycles. The summed E-state index contributed by atoms with van der Waals surface area (Å²) in [7, 11) is 0. The van der Waals surface area contributed by atoms with Gasteiger partial charge in [0.05, 0.1) is 0 Å². The lowest BCUT2D eigenvalue weighted by Gasteiger charge is -2.22. The molecule has 2 amide bonds. The van der Waals surface area contributed by atoms with E-state index in [9.17, 15) is 9.59 Å². The maximum atomic E-state index is 12.5. The van der Waals surface area contributed by atoms with Crippen LogP contribution in [0.5, 0.6) is 11.5 Å². The van der Waals surface area contributed by atoms with Gasteiger partial charge in [0.2, 0.25) is 12.7 Å². The van der Waals surface area contributed by atoms with Crippen molar-refractivity contribution < 1.29 is 19.1 Å². The van der Waals surface area contributed by atoms with Crippen LogP contribution in [0.1, 0.15) is 23.2 Å². The van der Waals surface area contributed by atoms with Crippen LogP contribution < -0.4 is 20.1 Å². The molecule has 1 atom stereocenters. The minimum absolute atomic E-state index is 0.119. The maximum Gasteiger partial charge on any atom is 0.251 e. The standard InChI is InChI=1S/C19H18N2O4/c22-18(21-15-5-2-8-20-19(15)23)14-4-1-3-12(9-14)13-6-7-16-17(10-13)25-11-24-16/h1,3-4,6-7,9-10,15H,2,5,8,11H2,(H,20,23)(H,21,22)/t15-/m0/s1. The van der Waals surface area contributed by atoms with E-state index in [1.807, 2.05) is 36.4 Å². The highest BCUT2D eigenvalue weighted by molar-refractivity contribution is 5.98. The van der Waals surface area contributed by atoms with Crippen LogP contribution in [0.2, 0.25) is 0 Å². The molecule has 6 nitrogen and oxygen atoms in total. The van der Waals surface area contributed by atoms with Gasteiger partial charge in [0.1, 0.15) is 6.04 Å². The van der Waals surface area contributed by atoms with Crippen molar-refractivity contribution in [2.45, 2.75) is 18.9 Å². The predicted octanol–water partition coefficient (Wildman–Crippen LogP) is 2.09. The summed E-state index contributed by atoms with van der Waals surface area (Å²) in [6.45, 7) is 0.898. The molecule has 0 aromatic heterocycles. The van der Waals surface area contributed by atoms with Crippen LogP contribution in [0.15, 0.2) is 42.5 Å². The Kier molecular flexibility index (Phi) is 4.01. The van der Waals surface area contributed by atoms with E-state index in [1.54, 1.807) is 6.07 Å². The van der Waals surface area contributed by atoms with Crippen LogP contribution in [0.3, 0.4) is 0 Å². The quantitative estimate of drug-likeness (QED) is 0.898. The first kappa shape index (κ1) is 15.5. The smallest absolute Gasteiger partial charge is 0.251 e. The van der Waals surface area contributed by atoms with Gasteiger partial charge in [-0.25, -0.2) is 0 Å². The Hall–Kier alpha value is -3.02. The largest absolute Gasteiger partial charge is 0.454 e. The predicted molar refractivity (Wildman–Crippen MR) is 91.5 cm³/mol. The summed E-state index contributed by atoms with van der Waals surface area (Å²) in [5.74, 6) is 1.06. The zero-order valence-corrected chi connectivity index (χ0v) is 13.6. The first-order valence-corrected chi connectivity index (χ1v) is 8.29. The number of rotatable bonds is 3. The lowest BCUT2D eigenvalue weighted by molar-refractivity contribution is -0.124. The zero-order chi connectivity index (χ0) is 17.2. The molecule has 1 fully saturated rings. The molecule has 2 aromatic carbocycles. The normalized spacial score (nSPS) is 18.6. The van der Waals surface area contributed by atoms with E-state index < -0.39 is 6.04 Å². The number of carbonyl (C=O) groups excluding carboxylic acids is 2. The molecule has 2 aliphatic rings. The van der Waals surface area contributed by atoms with Crippen LogP contribution >= 0.6 is 0 Å². The molecule has 0 saturated carbocycles. The molecule has 6 heteroatoms. The zero-order valence-electron chi connectivity index (χ0n) is 13.6. The van der Waals surface area contributed by atoms with E-state index in [-0.39, 0.29) is 18.6 Å². The van der Waals surface area contributed by atoms with E-state index in [0.717, 1.165) is 23.3 Å². The van der Waals surface area contributed by atoms with E-state index in [4.69, 9.17) is 9.47 Å². The number of nitrogens with one attached hydrogen (secondary N) is 2. The second-order valence-corrected chi connectivity index (χ2v) is 6.11. The Balaban J connectivity index is 1.54. The van der Waals surface area contributed by atoms with Crippen LogP contribution in [-0.2, 0) is 4.79 Å². The average molecular weight is 338 g/mol. The van der Waals surface area contributed by atoms with Crippen molar-refractivity contribution in [1.82, 2.24) is 10.6 Å². The number of fused-ring (bicyclic) bond motifs is 1. The summed E-state index contributed by atoms with van der Waals surface area (Å²) in [6, 6.07) is 12.5. The number of ether oxygens (including phenoxy) is 2. The highest BCUT2D eigenvalue weighted by atomic mass is 16.7. The molecule has 2 N–H and O–H groups in total. The second kappa shape index (κ2) is 6.47. The third-order valence-electron chi connectivity index (χ3n) is 4.42. The van der Waals surface area contributed by atoms with Crippen molar-refractivity contribution in [3.63, 3.8) is 0 Å². The van der Waals surface area contributed by atoms with Crippen molar-refractivity contribution in [2.75, 3.05) is 13.3 Å². The van der Waals surface area contributed by atoms with Crippen molar-refractivity contribution in [3.8, 4) is 22.6 Å². The van der Waals surface area contributed by atoms with Crippen molar-refractivity contribution in [1.29, 1.82) is 0 Å². The lowest BCUT2D eigenvalue weighted by Crippen LogP contribution is -2.50. The van der Waals surface area contributed by atoms with Crippen LogP contribution in [0.25, 0.3) is 11.1 Å². The monoisotopic (exact) mass is 338 g/mol. The Morgan fingerprint density at radius 3 is 2.80 bits per heavy atom. The average Bonchev–Trinajstić information content (AvgIpc) is 3.11. The Morgan fingerprint density at radius 2 is 1.92 bits per heavy atom. The molecule has 0 bridgehead atoms. The molecule has 2 heterocycles. The molecule has 0 spiro atoms. The Labute approximate surface area is 145 Å². The fraction of sp³-hybridized carbons (Fsp3) is 0.263. The number of hydrogen-bond donors (Lipinski definition) is 2. The van der Waals surface area contributed by atoms with Crippen LogP contribution in [0.4, 0.5) is 0 Å². The number of carbonyl (C=O) groups is 2. The van der Waals surface area contributed by atoms with Gasteiger partial charge in [-0.05, 0) is 48.2 Å². The highest BCUT2D eigenvalue weighted by Crippen LogP contribution is 2.36. The van der Waals surface area contributed by atoms with Gasteiger partial charge in [-0.1, -0.05) is 18.2 Å². The third-order valence-corrected chi connectivity index (χ3v) is 4.42. The van der Waals surface area contributed by atoms with Gasteiger partial charge in [-0.3, -0.25) is 9.59 Å². The van der Waals surface area contributed by atoms with E-state index in [2.05, 4.69) is 10.6 Å². The van der Waals surface area contributed by atoms with Gasteiger partial charge in [0, 0.05) is 12.1 Å². The Bertz CT molecular complexity index is 834. The number of benzene rings is 2. The van der Waals surface area contributed by atoms with Gasteiger partial charge in [-0.15, -0.1) is 0 Å². The molecule has 2 aliphatic heterocycles. The molecule has 128 valence electrons. The van der Waals surface area contributed by atoms with E-state index in [1.165, 1.54) is 0 Å². The van der Waals surface area contributed by atoms with Gasteiger partial charge < -0.3 is 20.1 Å². The van der Waals surface area contributed by atoms with Crippen LogP contribution in [0, 0.1) is 0 Å². The van der Waals surface area contributed by atoms with Crippen molar-refractivity contribution in [2.24, 2.45) is 0 Å². The minimum Gasteiger partial charge on any atom is -0.454 e. The molecular formula is C19H18N2O4. The molecule has 0 aliphatic carbocycles. The molecule has 0 radical (unpaired) electrons. The van der Waals surface area contributed by atoms with Gasteiger partial charge in [0.15, 0.2) is 11.5 Å². The molecular weight excluding hydrogens is 320 g/mol. The lowest BCUT2D eigenvalue weighted by atomic mass is 10.0. The number of piperidine rings is 1. The van der Waals surface area contributed by atoms with Crippen molar-refractivity contribution >= 4 is 11.8 Å². The summed E-state index contributed by atoms with van der Waals surface area (Å²) < 4.78 is 10.7. The SMILES string of the molecule is O=C(N[C@H]1CCCNC1=O)c1cccc(-c2ccc3c(c2)OCO3)c1. The van der Waals surface area contributed by atoms with Crippen LogP contribution in [-0.4, -0.2) is 31.2 Å². The first-order chi connectivity index (χ1) is 12.2. The minimum atomic E-state index is -0.463. The summed E-state index contributed by atoms with van der Waals surface area (Å²) in [5, 5.41) is 5.58.